The first-order chi connectivity index (χ1) is 21.8. The van der Waals surface area contributed by atoms with Crippen LogP contribution in [-0.2, 0) is 35.1 Å². The zero-order chi connectivity index (χ0) is 34.6. The molecule has 0 aliphatic carbocycles. The molecule has 1 aromatic rings. The van der Waals surface area contributed by atoms with E-state index in [-0.39, 0.29) is 60.5 Å². The van der Waals surface area contributed by atoms with Crippen molar-refractivity contribution in [2.45, 2.75) is 110 Å². The highest BCUT2D eigenvalue weighted by Crippen LogP contribution is 2.29. The van der Waals surface area contributed by atoms with E-state index in [0.717, 1.165) is 31.2 Å². The summed E-state index contributed by atoms with van der Waals surface area (Å²) in [6, 6.07) is 8.59. The van der Waals surface area contributed by atoms with Crippen molar-refractivity contribution in [2.75, 3.05) is 34.4 Å². The Morgan fingerprint density at radius 1 is 1.02 bits per heavy atom. The first kappa shape index (κ1) is 39.2. The summed E-state index contributed by atoms with van der Waals surface area (Å²) in [7, 11) is 4.83. The lowest BCUT2D eigenvalue weighted by Gasteiger charge is -2.39. The summed E-state index contributed by atoms with van der Waals surface area (Å²) in [5.74, 6) is -1.40. The van der Waals surface area contributed by atoms with Crippen LogP contribution in [0, 0.1) is 17.8 Å². The molecule has 1 aliphatic heterocycles. The zero-order valence-electron chi connectivity index (χ0n) is 29.5. The van der Waals surface area contributed by atoms with E-state index in [1.807, 2.05) is 76.8 Å². The van der Waals surface area contributed by atoms with Crippen molar-refractivity contribution in [2.24, 2.45) is 23.5 Å². The van der Waals surface area contributed by atoms with Gasteiger partial charge in [0.1, 0.15) is 0 Å². The lowest BCUT2D eigenvalue weighted by molar-refractivity contribution is -0.145. The molecular weight excluding hydrogens is 586 g/mol. The van der Waals surface area contributed by atoms with Crippen LogP contribution in [-0.4, -0.2) is 104 Å². The smallest absolute Gasteiger partial charge is 0.242 e. The molecule has 0 aromatic heterocycles. The Balaban J connectivity index is 2.11. The zero-order valence-corrected chi connectivity index (χ0v) is 29.5. The van der Waals surface area contributed by atoms with E-state index in [4.69, 9.17) is 15.2 Å². The number of likely N-dealkylation sites (N-methyl/N-ethyl adjacent to an activating group) is 1. The van der Waals surface area contributed by atoms with Gasteiger partial charge in [0.15, 0.2) is 0 Å². The minimum atomic E-state index is -0.705. The molecule has 0 saturated carbocycles. The van der Waals surface area contributed by atoms with Gasteiger partial charge in [-0.15, -0.1) is 0 Å². The molecule has 2 rings (SSSR count). The third kappa shape index (κ3) is 10.8. The topological polar surface area (TPSA) is 143 Å². The molecule has 1 fully saturated rings. The summed E-state index contributed by atoms with van der Waals surface area (Å²) in [6.45, 7) is 12.0. The van der Waals surface area contributed by atoms with E-state index < -0.39 is 30.2 Å². The maximum atomic E-state index is 13.9. The van der Waals surface area contributed by atoms with Crippen LogP contribution in [0.4, 0.5) is 0 Å². The lowest BCUT2D eigenvalue weighted by Crippen LogP contribution is -2.55. The van der Waals surface area contributed by atoms with Crippen molar-refractivity contribution in [1.29, 1.82) is 0 Å². The van der Waals surface area contributed by atoms with Crippen LogP contribution < -0.4 is 16.4 Å². The molecule has 260 valence electrons. The van der Waals surface area contributed by atoms with E-state index in [9.17, 15) is 19.2 Å². The third-order valence-electron chi connectivity index (χ3n) is 9.51. The van der Waals surface area contributed by atoms with Crippen LogP contribution in [0.5, 0.6) is 0 Å². The van der Waals surface area contributed by atoms with Gasteiger partial charge in [-0.1, -0.05) is 71.4 Å². The van der Waals surface area contributed by atoms with Crippen LogP contribution in [0.1, 0.15) is 72.8 Å². The Hall–Kier alpha value is -3.02. The number of carbonyl (C=O) groups is 4. The van der Waals surface area contributed by atoms with Crippen LogP contribution in [0.25, 0.3) is 0 Å². The summed E-state index contributed by atoms with van der Waals surface area (Å²) in [4.78, 5) is 56.2. The highest BCUT2D eigenvalue weighted by Gasteiger charge is 2.42. The maximum Gasteiger partial charge on any atom is 0.242 e. The predicted molar refractivity (Wildman–Crippen MR) is 180 cm³/mol. The molecule has 1 aromatic carbocycles. The summed E-state index contributed by atoms with van der Waals surface area (Å²) >= 11 is 0. The van der Waals surface area contributed by atoms with Gasteiger partial charge in [-0.3, -0.25) is 19.2 Å². The normalized spacial score (nSPS) is 19.5. The largest absolute Gasteiger partial charge is 0.379 e. The average Bonchev–Trinajstić information content (AvgIpc) is 3.52. The van der Waals surface area contributed by atoms with Crippen molar-refractivity contribution < 1.29 is 28.7 Å². The molecule has 6 unspecified atom stereocenters. The van der Waals surface area contributed by atoms with Crippen molar-refractivity contribution in [1.82, 2.24) is 20.4 Å². The molecule has 4 N–H and O–H groups in total. The van der Waals surface area contributed by atoms with Crippen LogP contribution >= 0.6 is 0 Å². The number of nitrogens with zero attached hydrogens (tertiary/aromatic N) is 2. The van der Waals surface area contributed by atoms with Gasteiger partial charge >= 0.3 is 0 Å². The Bertz CT molecular complexity index is 1120. The van der Waals surface area contributed by atoms with Crippen LogP contribution in [0.2, 0.25) is 0 Å². The summed E-state index contributed by atoms with van der Waals surface area (Å²) in [5, 5.41) is 5.77. The first-order valence-corrected chi connectivity index (χ1v) is 16.7. The summed E-state index contributed by atoms with van der Waals surface area (Å²) in [5.41, 5.74) is 7.08. The number of likely N-dealkylation sites (tertiary alicyclic amines) is 1. The minimum Gasteiger partial charge on any atom is -0.379 e. The molecule has 1 heterocycles. The predicted octanol–water partition coefficient (Wildman–Crippen LogP) is 2.75. The molecule has 1 aliphatic rings. The Labute approximate surface area is 276 Å². The van der Waals surface area contributed by atoms with Gasteiger partial charge in [0.05, 0.1) is 49.2 Å². The SMILES string of the molecule is CC[C@H](C)[C@@H](C(CC(=O)N1CCCC1C(OC)C(C)C(=O)NC(C)Cc1ccccc1)OC)N(C)C(=O)CNC(=O)C(N)C(C)C. The number of nitrogens with one attached hydrogen (secondary N) is 2. The molecular formula is C35H59N5O6. The fourth-order valence-corrected chi connectivity index (χ4v) is 6.43. The third-order valence-corrected chi connectivity index (χ3v) is 9.51. The molecule has 8 atom stereocenters. The van der Waals surface area contributed by atoms with Crippen molar-refractivity contribution in [3.8, 4) is 0 Å². The van der Waals surface area contributed by atoms with Crippen molar-refractivity contribution >= 4 is 23.6 Å². The second-order valence-corrected chi connectivity index (χ2v) is 13.2. The number of methoxy groups -OCH3 is 2. The fourth-order valence-electron chi connectivity index (χ4n) is 6.43. The summed E-state index contributed by atoms with van der Waals surface area (Å²) in [6.07, 6.45) is 2.01. The Kier molecular flexibility index (Phi) is 16.1. The van der Waals surface area contributed by atoms with Crippen LogP contribution in [0.3, 0.4) is 0 Å². The van der Waals surface area contributed by atoms with E-state index in [1.54, 1.807) is 26.2 Å². The molecule has 46 heavy (non-hydrogen) atoms. The standard InChI is InChI=1S/C35H59N5O6/c1-10-23(4)32(39(7)30(42)21-37-35(44)31(36)22(2)3)28(45-8)20-29(41)40-18-14-17-27(40)33(46-9)25(6)34(43)38-24(5)19-26-15-12-11-13-16-26/h11-13,15-16,22-25,27-28,31-33H,10,14,17-21,36H2,1-9H3,(H,37,44)(H,38,43)/t23-,24?,25?,27?,28?,31?,32-,33?/m0/s1. The monoisotopic (exact) mass is 645 g/mol. The number of hydrogen-bond acceptors (Lipinski definition) is 7. The molecule has 11 nitrogen and oxygen atoms in total. The highest BCUT2D eigenvalue weighted by molar-refractivity contribution is 5.87. The lowest BCUT2D eigenvalue weighted by atomic mass is 9.90. The maximum absolute atomic E-state index is 13.9. The number of ether oxygens (including phenoxy) is 2. The molecule has 0 bridgehead atoms. The highest BCUT2D eigenvalue weighted by atomic mass is 16.5. The average molecular weight is 646 g/mol. The van der Waals surface area contributed by atoms with Crippen molar-refractivity contribution in [3.05, 3.63) is 35.9 Å². The van der Waals surface area contributed by atoms with Gasteiger partial charge in [-0.05, 0) is 43.6 Å². The molecule has 11 heteroatoms. The van der Waals surface area contributed by atoms with E-state index in [1.165, 1.54) is 0 Å². The van der Waals surface area contributed by atoms with Gasteiger partial charge in [0.25, 0.3) is 0 Å². The Morgan fingerprint density at radius 3 is 2.24 bits per heavy atom. The number of nitrogens with two attached hydrogens (primary N) is 1. The first-order valence-electron chi connectivity index (χ1n) is 16.7. The van der Waals surface area contributed by atoms with Crippen molar-refractivity contribution in [3.63, 3.8) is 0 Å². The van der Waals surface area contributed by atoms with Gasteiger partial charge in [0, 0.05) is 33.9 Å². The van der Waals surface area contributed by atoms with Crippen LogP contribution in [0.15, 0.2) is 30.3 Å². The molecule has 1 saturated heterocycles. The number of benzene rings is 1. The number of rotatable bonds is 18. The Morgan fingerprint density at radius 2 is 1.67 bits per heavy atom. The van der Waals surface area contributed by atoms with E-state index in [2.05, 4.69) is 10.6 Å². The van der Waals surface area contributed by atoms with E-state index in [0.29, 0.717) is 6.54 Å². The van der Waals surface area contributed by atoms with Gasteiger partial charge in [0.2, 0.25) is 23.6 Å². The minimum absolute atomic E-state index is 0.0167. The fraction of sp³-hybridized carbons (Fsp3) is 0.714. The number of carbonyl (C=O) groups excluding carboxylic acids is 4. The second-order valence-electron chi connectivity index (χ2n) is 13.2. The molecule has 0 spiro atoms. The number of hydrogen-bond donors (Lipinski definition) is 3. The van der Waals surface area contributed by atoms with Gasteiger partial charge < -0.3 is 35.6 Å². The number of amides is 4. The summed E-state index contributed by atoms with van der Waals surface area (Å²) < 4.78 is 11.8. The van der Waals surface area contributed by atoms with Gasteiger partial charge in [-0.25, -0.2) is 0 Å². The second kappa shape index (κ2) is 19.0. The quantitative estimate of drug-likeness (QED) is 0.223. The van der Waals surface area contributed by atoms with E-state index >= 15 is 0 Å². The molecule has 4 amide bonds. The van der Waals surface area contributed by atoms with Gasteiger partial charge in [-0.2, -0.15) is 0 Å². The molecule has 0 radical (unpaired) electrons.